The van der Waals surface area contributed by atoms with Crippen LogP contribution in [0.25, 0.3) is 0 Å². The Morgan fingerprint density at radius 2 is 1.09 bits per heavy atom. The molecule has 0 fully saturated rings. The zero-order valence-corrected chi connectivity index (χ0v) is 15.0. The van der Waals surface area contributed by atoms with E-state index in [2.05, 4.69) is 6.92 Å². The lowest BCUT2D eigenvalue weighted by molar-refractivity contribution is -0.123. The van der Waals surface area contributed by atoms with Crippen LogP contribution in [0.5, 0.6) is 0 Å². The molecule has 23 heavy (non-hydrogen) atoms. The lowest BCUT2D eigenvalue weighted by Gasteiger charge is -2.06. The van der Waals surface area contributed by atoms with Gasteiger partial charge in [-0.3, -0.25) is 4.79 Å². The van der Waals surface area contributed by atoms with Crippen LogP contribution in [-0.4, -0.2) is 45.5 Å². The minimum atomic E-state index is -0.454. The lowest BCUT2D eigenvalue weighted by atomic mass is 10.1. The van der Waals surface area contributed by atoms with Gasteiger partial charge < -0.3 is 19.9 Å². The quantitative estimate of drug-likeness (QED) is 0.368. The van der Waals surface area contributed by atoms with E-state index < -0.39 is 5.91 Å². The van der Waals surface area contributed by atoms with Gasteiger partial charge in [0.2, 0.25) is 5.91 Å². The molecule has 0 aliphatic carbocycles. The Labute approximate surface area is 142 Å². The molecule has 0 aliphatic rings. The molecule has 0 saturated heterocycles. The third-order valence-electron chi connectivity index (χ3n) is 3.63. The van der Waals surface area contributed by atoms with Gasteiger partial charge in [-0.05, 0) is 6.42 Å². The van der Waals surface area contributed by atoms with Crippen LogP contribution in [0.2, 0.25) is 0 Å². The van der Waals surface area contributed by atoms with Crippen molar-refractivity contribution in [2.45, 2.75) is 71.1 Å². The minimum Gasteiger partial charge on any atom is -0.379 e. The van der Waals surface area contributed by atoms with Crippen molar-refractivity contribution in [3.05, 3.63) is 0 Å². The number of rotatable bonds is 19. The van der Waals surface area contributed by atoms with Crippen LogP contribution >= 0.6 is 0 Å². The van der Waals surface area contributed by atoms with Gasteiger partial charge in [0, 0.05) is 6.61 Å². The first-order valence-corrected chi connectivity index (χ1v) is 9.29. The number of carbonyl (C=O) groups is 1. The smallest absolute Gasteiger partial charge is 0.243 e. The maximum Gasteiger partial charge on any atom is 0.243 e. The third kappa shape index (κ3) is 21.4. The highest BCUT2D eigenvalue weighted by Crippen LogP contribution is 2.10. The molecule has 0 unspecified atom stereocenters. The van der Waals surface area contributed by atoms with Crippen LogP contribution in [0.15, 0.2) is 0 Å². The Morgan fingerprint density at radius 1 is 0.652 bits per heavy atom. The van der Waals surface area contributed by atoms with Gasteiger partial charge in [-0.2, -0.15) is 0 Å². The average Bonchev–Trinajstić information content (AvgIpc) is 2.53. The Kier molecular flexibility index (Phi) is 18.8. The Bertz CT molecular complexity index is 249. The van der Waals surface area contributed by atoms with Gasteiger partial charge >= 0.3 is 0 Å². The van der Waals surface area contributed by atoms with Crippen molar-refractivity contribution in [3.63, 3.8) is 0 Å². The molecule has 0 aromatic heterocycles. The van der Waals surface area contributed by atoms with Crippen molar-refractivity contribution in [1.29, 1.82) is 0 Å². The summed E-state index contributed by atoms with van der Waals surface area (Å²) in [6.07, 6.45) is 13.4. The van der Waals surface area contributed by atoms with Gasteiger partial charge in [0.05, 0.1) is 26.4 Å². The summed E-state index contributed by atoms with van der Waals surface area (Å²) in [5, 5.41) is 0. The molecule has 0 aliphatic heterocycles. The maximum atomic E-state index is 10.4. The summed E-state index contributed by atoms with van der Waals surface area (Å²) in [5.41, 5.74) is 4.94. The molecule has 0 aromatic carbocycles. The van der Waals surface area contributed by atoms with E-state index in [4.69, 9.17) is 19.9 Å². The molecule has 138 valence electrons. The van der Waals surface area contributed by atoms with E-state index in [9.17, 15) is 4.79 Å². The van der Waals surface area contributed by atoms with Crippen LogP contribution < -0.4 is 5.73 Å². The van der Waals surface area contributed by atoms with Crippen molar-refractivity contribution >= 4 is 5.91 Å². The van der Waals surface area contributed by atoms with E-state index in [1.54, 1.807) is 0 Å². The second kappa shape index (κ2) is 19.4. The monoisotopic (exact) mass is 331 g/mol. The summed E-state index contributed by atoms with van der Waals surface area (Å²) in [6, 6.07) is 0. The van der Waals surface area contributed by atoms with Gasteiger partial charge in [0.15, 0.2) is 0 Å². The number of hydrogen-bond donors (Lipinski definition) is 1. The molecule has 0 saturated carbocycles. The van der Waals surface area contributed by atoms with E-state index in [0.717, 1.165) is 13.0 Å². The summed E-state index contributed by atoms with van der Waals surface area (Å²) < 4.78 is 15.8. The molecule has 1 amide bonds. The normalized spacial score (nSPS) is 11.0. The lowest BCUT2D eigenvalue weighted by Crippen LogP contribution is -2.20. The summed E-state index contributed by atoms with van der Waals surface area (Å²) in [5.74, 6) is -0.454. The predicted octanol–water partition coefficient (Wildman–Crippen LogP) is 3.44. The number of primary amides is 1. The minimum absolute atomic E-state index is 0.0431. The molecule has 5 heteroatoms. The summed E-state index contributed by atoms with van der Waals surface area (Å²) >= 11 is 0. The third-order valence-corrected chi connectivity index (χ3v) is 3.63. The largest absolute Gasteiger partial charge is 0.379 e. The number of amides is 1. The maximum absolute atomic E-state index is 10.4. The van der Waals surface area contributed by atoms with Gasteiger partial charge in [-0.25, -0.2) is 0 Å². The summed E-state index contributed by atoms with van der Waals surface area (Å²) in [7, 11) is 0. The zero-order chi connectivity index (χ0) is 17.0. The molecular formula is C18H37NO4. The second-order valence-electron chi connectivity index (χ2n) is 5.93. The first kappa shape index (κ1) is 22.4. The Hall–Kier alpha value is -0.650. The topological polar surface area (TPSA) is 70.8 Å². The number of hydrogen-bond acceptors (Lipinski definition) is 4. The number of nitrogens with two attached hydrogens (primary N) is 1. The number of unbranched alkanes of at least 4 members (excludes halogenated alkanes) is 9. The molecule has 0 atom stereocenters. The van der Waals surface area contributed by atoms with Gasteiger partial charge in [0.25, 0.3) is 0 Å². The van der Waals surface area contributed by atoms with Crippen molar-refractivity contribution in [3.8, 4) is 0 Å². The van der Waals surface area contributed by atoms with Crippen LogP contribution in [0.3, 0.4) is 0 Å². The van der Waals surface area contributed by atoms with Gasteiger partial charge in [-0.15, -0.1) is 0 Å². The number of ether oxygens (including phenoxy) is 3. The highest BCUT2D eigenvalue weighted by molar-refractivity contribution is 5.74. The van der Waals surface area contributed by atoms with E-state index >= 15 is 0 Å². The molecule has 0 spiro atoms. The van der Waals surface area contributed by atoms with E-state index in [1.807, 2.05) is 0 Å². The van der Waals surface area contributed by atoms with Crippen LogP contribution in [0.1, 0.15) is 71.1 Å². The molecular weight excluding hydrogens is 294 g/mol. The fourth-order valence-corrected chi connectivity index (χ4v) is 2.30. The molecule has 0 bridgehead atoms. The molecule has 2 N–H and O–H groups in total. The SMILES string of the molecule is CCCCCCCCCCCCOCCOCCOCC(N)=O. The van der Waals surface area contributed by atoms with Crippen LogP contribution in [0, 0.1) is 0 Å². The van der Waals surface area contributed by atoms with Crippen molar-refractivity contribution in [2.24, 2.45) is 5.73 Å². The van der Waals surface area contributed by atoms with E-state index in [-0.39, 0.29) is 6.61 Å². The van der Waals surface area contributed by atoms with Gasteiger partial charge in [0.1, 0.15) is 6.61 Å². The van der Waals surface area contributed by atoms with Gasteiger partial charge in [-0.1, -0.05) is 64.7 Å². The van der Waals surface area contributed by atoms with Crippen LogP contribution in [-0.2, 0) is 19.0 Å². The fraction of sp³-hybridized carbons (Fsp3) is 0.944. The summed E-state index contributed by atoms with van der Waals surface area (Å²) in [4.78, 5) is 10.4. The Morgan fingerprint density at radius 3 is 1.61 bits per heavy atom. The molecule has 0 radical (unpaired) electrons. The van der Waals surface area contributed by atoms with Crippen LogP contribution in [0.4, 0.5) is 0 Å². The zero-order valence-electron chi connectivity index (χ0n) is 15.0. The van der Waals surface area contributed by atoms with Crippen molar-refractivity contribution in [1.82, 2.24) is 0 Å². The number of carbonyl (C=O) groups excluding carboxylic acids is 1. The van der Waals surface area contributed by atoms with E-state index in [1.165, 1.54) is 57.8 Å². The Balaban J connectivity index is 2.96. The van der Waals surface area contributed by atoms with Crippen molar-refractivity contribution in [2.75, 3.05) is 39.6 Å². The first-order chi connectivity index (χ1) is 11.3. The fourth-order valence-electron chi connectivity index (χ4n) is 2.30. The van der Waals surface area contributed by atoms with Crippen molar-refractivity contribution < 1.29 is 19.0 Å². The summed E-state index contributed by atoms with van der Waals surface area (Å²) in [6.45, 7) is 5.08. The second-order valence-corrected chi connectivity index (χ2v) is 5.93. The first-order valence-electron chi connectivity index (χ1n) is 9.29. The molecule has 0 aromatic rings. The predicted molar refractivity (Wildman–Crippen MR) is 93.5 cm³/mol. The standard InChI is InChI=1S/C18H37NO4/c1-2-3-4-5-6-7-8-9-10-11-12-21-13-14-22-15-16-23-17-18(19)20/h2-17H2,1H3,(H2,19,20). The highest BCUT2D eigenvalue weighted by Gasteiger charge is 1.95. The van der Waals surface area contributed by atoms with E-state index in [0.29, 0.717) is 26.4 Å². The average molecular weight is 331 g/mol. The molecule has 0 rings (SSSR count). The molecule has 0 heterocycles. The highest BCUT2D eigenvalue weighted by atomic mass is 16.5. The molecule has 5 nitrogen and oxygen atoms in total.